The highest BCUT2D eigenvalue weighted by molar-refractivity contribution is 7.99. The molecule has 0 amide bonds. The normalized spacial score (nSPS) is 11.4. The van der Waals surface area contributed by atoms with Crippen LogP contribution in [-0.4, -0.2) is 11.5 Å². The third-order valence-corrected chi connectivity index (χ3v) is 1.55. The van der Waals surface area contributed by atoms with E-state index in [1.54, 1.807) is 0 Å². The van der Waals surface area contributed by atoms with Crippen LogP contribution in [0.15, 0.2) is 0 Å². The lowest BCUT2D eigenvalue weighted by Crippen LogP contribution is -1.93. The smallest absolute Gasteiger partial charge is 0.104 e. The Hall–Kier alpha value is -0.670. The van der Waals surface area contributed by atoms with Crippen molar-refractivity contribution in [2.45, 2.75) is 11.7 Å². The quantitative estimate of drug-likeness (QED) is 0.557. The topological polar surface area (TPSA) is 47.6 Å². The molecule has 0 heterocycles. The average molecular weight is 126 g/mol. The zero-order chi connectivity index (χ0) is 6.41. The van der Waals surface area contributed by atoms with Gasteiger partial charge in [0.2, 0.25) is 0 Å². The minimum absolute atomic E-state index is 0.139. The Kier molecular flexibility index (Phi) is 4.11. The highest BCUT2D eigenvalue weighted by atomic mass is 32.2. The Balaban J connectivity index is 3.45. The van der Waals surface area contributed by atoms with E-state index >= 15 is 0 Å². The summed E-state index contributed by atoms with van der Waals surface area (Å²) in [4.78, 5) is 0. The molecule has 3 heteroatoms. The molecule has 0 aromatic rings. The number of thioether (sulfide) groups is 1. The highest BCUT2D eigenvalue weighted by Crippen LogP contribution is 2.07. The first kappa shape index (κ1) is 7.33. The lowest BCUT2D eigenvalue weighted by molar-refractivity contribution is 1.09. The Morgan fingerprint density at radius 2 is 2.25 bits per heavy atom. The Labute approximate surface area is 53.1 Å². The van der Waals surface area contributed by atoms with Crippen LogP contribution in [0.5, 0.6) is 0 Å². The number of nitriles is 2. The van der Waals surface area contributed by atoms with Gasteiger partial charge in [0.05, 0.1) is 18.6 Å². The van der Waals surface area contributed by atoms with E-state index in [4.69, 9.17) is 10.5 Å². The minimum atomic E-state index is -0.139. The summed E-state index contributed by atoms with van der Waals surface area (Å²) in [6, 6.07) is 3.92. The van der Waals surface area contributed by atoms with Gasteiger partial charge in [-0.2, -0.15) is 10.5 Å². The summed E-state index contributed by atoms with van der Waals surface area (Å²) in [6.45, 7) is 0. The first-order valence-corrected chi connectivity index (χ1v) is 3.43. The number of hydrogen-bond acceptors (Lipinski definition) is 3. The first-order valence-electron chi connectivity index (χ1n) is 2.14. The fraction of sp³-hybridized carbons (Fsp3) is 0.600. The van der Waals surface area contributed by atoms with Gasteiger partial charge in [-0.3, -0.25) is 0 Å². The van der Waals surface area contributed by atoms with Crippen molar-refractivity contribution in [1.82, 2.24) is 0 Å². The van der Waals surface area contributed by atoms with E-state index in [0.717, 1.165) is 0 Å². The molecule has 0 N–H and O–H groups in total. The van der Waals surface area contributed by atoms with Crippen molar-refractivity contribution in [2.24, 2.45) is 0 Å². The third kappa shape index (κ3) is 2.49. The summed E-state index contributed by atoms with van der Waals surface area (Å²) in [7, 11) is 0. The summed E-state index contributed by atoms with van der Waals surface area (Å²) < 4.78 is 0. The largest absolute Gasteiger partial charge is 0.198 e. The van der Waals surface area contributed by atoms with E-state index in [-0.39, 0.29) is 5.25 Å². The van der Waals surface area contributed by atoms with Crippen LogP contribution in [0.25, 0.3) is 0 Å². The van der Waals surface area contributed by atoms with Crippen LogP contribution < -0.4 is 0 Å². The standard InChI is InChI=1S/C5H6N2S/c1-8-5(4-7)2-3-6/h5H,2H2,1H3. The Bertz CT molecular complexity index is 130. The molecule has 0 spiro atoms. The molecule has 0 radical (unpaired) electrons. The van der Waals surface area contributed by atoms with Gasteiger partial charge in [-0.15, -0.1) is 11.8 Å². The predicted octanol–water partition coefficient (Wildman–Crippen LogP) is 1.16. The zero-order valence-electron chi connectivity index (χ0n) is 4.59. The molecule has 1 atom stereocenters. The maximum absolute atomic E-state index is 8.24. The molecule has 0 aromatic heterocycles. The third-order valence-electron chi connectivity index (χ3n) is 0.705. The van der Waals surface area contributed by atoms with Crippen LogP contribution in [0, 0.1) is 22.7 Å². The molecule has 0 fully saturated rings. The average Bonchev–Trinajstić information content (AvgIpc) is 1.83. The highest BCUT2D eigenvalue weighted by Gasteiger charge is 2.00. The molecule has 0 aliphatic carbocycles. The molecule has 8 heavy (non-hydrogen) atoms. The molecular weight excluding hydrogens is 120 g/mol. The fourth-order valence-electron chi connectivity index (χ4n) is 0.265. The van der Waals surface area contributed by atoms with E-state index in [1.165, 1.54) is 11.8 Å². The van der Waals surface area contributed by atoms with Crippen LogP contribution in [0.4, 0.5) is 0 Å². The van der Waals surface area contributed by atoms with E-state index < -0.39 is 0 Å². The summed E-state index contributed by atoms with van der Waals surface area (Å²) in [5, 5.41) is 16.2. The Morgan fingerprint density at radius 1 is 1.62 bits per heavy atom. The van der Waals surface area contributed by atoms with Crippen LogP contribution >= 0.6 is 11.8 Å². The number of nitrogens with zero attached hydrogens (tertiary/aromatic N) is 2. The van der Waals surface area contributed by atoms with Crippen LogP contribution in [0.3, 0.4) is 0 Å². The van der Waals surface area contributed by atoms with Crippen LogP contribution in [0.1, 0.15) is 6.42 Å². The molecule has 0 saturated heterocycles. The molecule has 0 bridgehead atoms. The lowest BCUT2D eigenvalue weighted by atomic mass is 10.4. The second-order valence-corrected chi connectivity index (χ2v) is 2.26. The van der Waals surface area contributed by atoms with Gasteiger partial charge in [-0.1, -0.05) is 0 Å². The van der Waals surface area contributed by atoms with Gasteiger partial charge < -0.3 is 0 Å². The van der Waals surface area contributed by atoms with E-state index in [9.17, 15) is 0 Å². The van der Waals surface area contributed by atoms with Gasteiger partial charge in [0.1, 0.15) is 5.25 Å². The van der Waals surface area contributed by atoms with E-state index in [1.807, 2.05) is 18.4 Å². The SMILES string of the molecule is CSC(C#N)CC#N. The Morgan fingerprint density at radius 3 is 2.38 bits per heavy atom. The summed E-state index contributed by atoms with van der Waals surface area (Å²) in [6.07, 6.45) is 2.16. The molecule has 2 nitrogen and oxygen atoms in total. The zero-order valence-corrected chi connectivity index (χ0v) is 5.40. The van der Waals surface area contributed by atoms with Gasteiger partial charge in [-0.05, 0) is 6.26 Å². The van der Waals surface area contributed by atoms with Gasteiger partial charge in [0.15, 0.2) is 0 Å². The monoisotopic (exact) mass is 126 g/mol. The fourth-order valence-corrected chi connectivity index (χ4v) is 0.611. The van der Waals surface area contributed by atoms with E-state index in [2.05, 4.69) is 0 Å². The van der Waals surface area contributed by atoms with Crippen LogP contribution in [-0.2, 0) is 0 Å². The number of hydrogen-bond donors (Lipinski definition) is 0. The van der Waals surface area contributed by atoms with Crippen molar-refractivity contribution < 1.29 is 0 Å². The van der Waals surface area contributed by atoms with Crippen molar-refractivity contribution in [1.29, 1.82) is 10.5 Å². The molecule has 42 valence electrons. The summed E-state index contributed by atoms with van der Waals surface area (Å²) in [5.41, 5.74) is 0. The molecule has 0 aliphatic rings. The van der Waals surface area contributed by atoms with Crippen molar-refractivity contribution in [3.8, 4) is 12.1 Å². The second kappa shape index (κ2) is 4.49. The molecular formula is C5H6N2S. The summed E-state index contributed by atoms with van der Waals surface area (Å²) in [5.74, 6) is 0. The summed E-state index contributed by atoms with van der Waals surface area (Å²) >= 11 is 1.41. The van der Waals surface area contributed by atoms with Gasteiger partial charge >= 0.3 is 0 Å². The number of rotatable bonds is 2. The predicted molar refractivity (Wildman–Crippen MR) is 33.1 cm³/mol. The first-order chi connectivity index (χ1) is 3.85. The van der Waals surface area contributed by atoms with Crippen molar-refractivity contribution in [3.05, 3.63) is 0 Å². The van der Waals surface area contributed by atoms with Gasteiger partial charge in [0.25, 0.3) is 0 Å². The van der Waals surface area contributed by atoms with Crippen molar-refractivity contribution >= 4 is 11.8 Å². The van der Waals surface area contributed by atoms with Gasteiger partial charge in [0, 0.05) is 0 Å². The van der Waals surface area contributed by atoms with Crippen molar-refractivity contribution in [3.63, 3.8) is 0 Å². The lowest BCUT2D eigenvalue weighted by Gasteiger charge is -1.93. The molecule has 0 aromatic carbocycles. The second-order valence-electron chi connectivity index (χ2n) is 1.22. The van der Waals surface area contributed by atoms with Crippen LogP contribution in [0.2, 0.25) is 0 Å². The molecule has 0 aliphatic heterocycles. The maximum atomic E-state index is 8.24. The molecule has 0 saturated carbocycles. The molecule has 1 unspecified atom stereocenters. The maximum Gasteiger partial charge on any atom is 0.104 e. The molecule has 0 rings (SSSR count). The minimum Gasteiger partial charge on any atom is -0.198 e. The van der Waals surface area contributed by atoms with Crippen molar-refractivity contribution in [2.75, 3.05) is 6.26 Å². The van der Waals surface area contributed by atoms with Gasteiger partial charge in [-0.25, -0.2) is 0 Å². The van der Waals surface area contributed by atoms with E-state index in [0.29, 0.717) is 6.42 Å².